The first kappa shape index (κ1) is 16.4. The standard InChI is InChI=1S/C18H23N5OS/c1-12(2)23-15-6-4-5-13(16(15)20-17(23)24)14-11-25-18(19-14)22-9-7-21(3)8-10-22/h4-6,11-12H,7-10H2,1-3H3,(H,20,24). The van der Waals surface area contributed by atoms with Gasteiger partial charge in [0.05, 0.1) is 16.7 Å². The number of para-hydroxylation sites is 1. The largest absolute Gasteiger partial charge is 0.346 e. The molecular formula is C18H23N5OS. The molecule has 6 nitrogen and oxygen atoms in total. The number of thiazole rings is 1. The lowest BCUT2D eigenvalue weighted by Crippen LogP contribution is -2.44. The van der Waals surface area contributed by atoms with Crippen molar-refractivity contribution in [1.29, 1.82) is 0 Å². The van der Waals surface area contributed by atoms with Gasteiger partial charge in [0.15, 0.2) is 5.13 Å². The molecule has 3 heterocycles. The Balaban J connectivity index is 1.73. The van der Waals surface area contributed by atoms with Gasteiger partial charge < -0.3 is 14.8 Å². The number of likely N-dealkylation sites (N-methyl/N-ethyl adjacent to an activating group) is 1. The molecule has 0 atom stereocenters. The van der Waals surface area contributed by atoms with E-state index in [-0.39, 0.29) is 11.7 Å². The van der Waals surface area contributed by atoms with Gasteiger partial charge in [-0.15, -0.1) is 11.3 Å². The third-order valence-corrected chi connectivity index (χ3v) is 5.71. The highest BCUT2D eigenvalue weighted by atomic mass is 32.1. The molecule has 1 aliphatic rings. The van der Waals surface area contributed by atoms with Crippen molar-refractivity contribution in [1.82, 2.24) is 19.4 Å². The number of imidazole rings is 1. The molecule has 1 aliphatic heterocycles. The van der Waals surface area contributed by atoms with Crippen molar-refractivity contribution < 1.29 is 0 Å². The number of aromatic amines is 1. The first-order chi connectivity index (χ1) is 12.0. The lowest BCUT2D eigenvalue weighted by Gasteiger charge is -2.32. The second-order valence-corrected chi connectivity index (χ2v) is 7.74. The molecule has 0 amide bonds. The fourth-order valence-electron chi connectivity index (χ4n) is 3.41. The van der Waals surface area contributed by atoms with Crippen LogP contribution in [-0.4, -0.2) is 52.7 Å². The number of hydrogen-bond acceptors (Lipinski definition) is 5. The molecule has 1 N–H and O–H groups in total. The van der Waals surface area contributed by atoms with E-state index >= 15 is 0 Å². The fourth-order valence-corrected chi connectivity index (χ4v) is 4.29. The zero-order chi connectivity index (χ0) is 17.6. The van der Waals surface area contributed by atoms with Crippen LogP contribution in [0.1, 0.15) is 19.9 Å². The van der Waals surface area contributed by atoms with E-state index in [1.807, 2.05) is 32.0 Å². The summed E-state index contributed by atoms with van der Waals surface area (Å²) in [5.74, 6) is 0. The maximum Gasteiger partial charge on any atom is 0.326 e. The van der Waals surface area contributed by atoms with Crippen LogP contribution < -0.4 is 10.6 Å². The van der Waals surface area contributed by atoms with Crippen molar-refractivity contribution in [3.05, 3.63) is 34.1 Å². The van der Waals surface area contributed by atoms with E-state index in [1.54, 1.807) is 15.9 Å². The van der Waals surface area contributed by atoms with Gasteiger partial charge in [0.1, 0.15) is 0 Å². The van der Waals surface area contributed by atoms with Crippen LogP contribution in [-0.2, 0) is 0 Å². The zero-order valence-corrected chi connectivity index (χ0v) is 15.6. The number of nitrogens with one attached hydrogen (secondary N) is 1. The molecule has 25 heavy (non-hydrogen) atoms. The summed E-state index contributed by atoms with van der Waals surface area (Å²) in [5, 5.41) is 3.15. The highest BCUT2D eigenvalue weighted by Gasteiger charge is 2.19. The molecule has 0 radical (unpaired) electrons. The van der Waals surface area contributed by atoms with Gasteiger partial charge in [-0.25, -0.2) is 9.78 Å². The molecule has 2 aromatic heterocycles. The predicted molar refractivity (Wildman–Crippen MR) is 104 cm³/mol. The first-order valence-corrected chi connectivity index (χ1v) is 9.55. The van der Waals surface area contributed by atoms with Crippen LogP contribution in [0.5, 0.6) is 0 Å². The van der Waals surface area contributed by atoms with Crippen molar-refractivity contribution >= 4 is 27.5 Å². The summed E-state index contributed by atoms with van der Waals surface area (Å²) in [6, 6.07) is 6.14. The number of rotatable bonds is 3. The molecule has 1 aromatic carbocycles. The predicted octanol–water partition coefficient (Wildman–Crippen LogP) is 2.79. The molecule has 7 heteroatoms. The highest BCUT2D eigenvalue weighted by molar-refractivity contribution is 7.14. The summed E-state index contributed by atoms with van der Waals surface area (Å²) in [6.07, 6.45) is 0. The number of piperazine rings is 1. The molecule has 0 bridgehead atoms. The minimum absolute atomic E-state index is 0.0630. The van der Waals surface area contributed by atoms with Crippen LogP contribution in [0.4, 0.5) is 5.13 Å². The Morgan fingerprint density at radius 3 is 2.68 bits per heavy atom. The van der Waals surface area contributed by atoms with Crippen LogP contribution in [0, 0.1) is 0 Å². The number of anilines is 1. The Morgan fingerprint density at radius 2 is 1.96 bits per heavy atom. The maximum absolute atomic E-state index is 12.3. The third-order valence-electron chi connectivity index (χ3n) is 4.81. The van der Waals surface area contributed by atoms with Crippen molar-refractivity contribution in [2.45, 2.75) is 19.9 Å². The Morgan fingerprint density at radius 1 is 1.20 bits per heavy atom. The van der Waals surface area contributed by atoms with Crippen LogP contribution in [0.25, 0.3) is 22.3 Å². The highest BCUT2D eigenvalue weighted by Crippen LogP contribution is 2.32. The minimum Gasteiger partial charge on any atom is -0.346 e. The summed E-state index contributed by atoms with van der Waals surface area (Å²) >= 11 is 1.68. The van der Waals surface area contributed by atoms with E-state index in [1.165, 1.54) is 0 Å². The second-order valence-electron chi connectivity index (χ2n) is 6.90. The summed E-state index contributed by atoms with van der Waals surface area (Å²) in [4.78, 5) is 24.9. The summed E-state index contributed by atoms with van der Waals surface area (Å²) in [6.45, 7) is 8.19. The normalized spacial score (nSPS) is 16.2. The van der Waals surface area contributed by atoms with Crippen molar-refractivity contribution in [3.63, 3.8) is 0 Å². The number of H-pyrrole nitrogens is 1. The minimum atomic E-state index is -0.0630. The van der Waals surface area contributed by atoms with Gasteiger partial charge in [0.2, 0.25) is 0 Å². The van der Waals surface area contributed by atoms with Gasteiger partial charge in [-0.1, -0.05) is 12.1 Å². The quantitative estimate of drug-likeness (QED) is 0.783. The Hall–Kier alpha value is -2.12. The summed E-state index contributed by atoms with van der Waals surface area (Å²) in [5.41, 5.74) is 3.67. The average Bonchev–Trinajstić information content (AvgIpc) is 3.18. The molecule has 0 aliphatic carbocycles. The monoisotopic (exact) mass is 357 g/mol. The Kier molecular flexibility index (Phi) is 4.13. The molecular weight excluding hydrogens is 334 g/mol. The molecule has 3 aromatic rings. The lowest BCUT2D eigenvalue weighted by atomic mass is 10.1. The molecule has 0 unspecified atom stereocenters. The number of fused-ring (bicyclic) bond motifs is 1. The van der Waals surface area contributed by atoms with Crippen molar-refractivity contribution in [2.24, 2.45) is 0 Å². The van der Waals surface area contributed by atoms with Crippen LogP contribution >= 0.6 is 11.3 Å². The number of hydrogen-bond donors (Lipinski definition) is 1. The lowest BCUT2D eigenvalue weighted by molar-refractivity contribution is 0.313. The summed E-state index contributed by atoms with van der Waals surface area (Å²) < 4.78 is 1.80. The summed E-state index contributed by atoms with van der Waals surface area (Å²) in [7, 11) is 2.15. The van der Waals surface area contributed by atoms with Crippen molar-refractivity contribution in [2.75, 3.05) is 38.1 Å². The number of benzene rings is 1. The van der Waals surface area contributed by atoms with E-state index < -0.39 is 0 Å². The smallest absolute Gasteiger partial charge is 0.326 e. The SMILES string of the molecule is CC(C)n1c(=O)[nH]c2c(-c3csc(N4CCN(C)CC4)n3)cccc21. The van der Waals surface area contributed by atoms with Gasteiger partial charge >= 0.3 is 5.69 Å². The molecule has 0 spiro atoms. The second kappa shape index (κ2) is 6.31. The van der Waals surface area contributed by atoms with E-state index in [0.717, 1.165) is 53.6 Å². The van der Waals surface area contributed by atoms with Gasteiger partial charge in [0.25, 0.3) is 0 Å². The van der Waals surface area contributed by atoms with Crippen molar-refractivity contribution in [3.8, 4) is 11.3 Å². The van der Waals surface area contributed by atoms with Gasteiger partial charge in [-0.2, -0.15) is 0 Å². The molecule has 1 fully saturated rings. The average molecular weight is 357 g/mol. The third kappa shape index (κ3) is 2.87. The van der Waals surface area contributed by atoms with E-state index in [4.69, 9.17) is 4.98 Å². The zero-order valence-electron chi connectivity index (χ0n) is 14.8. The van der Waals surface area contributed by atoms with E-state index in [9.17, 15) is 4.79 Å². The number of nitrogens with zero attached hydrogens (tertiary/aromatic N) is 4. The molecule has 132 valence electrons. The topological polar surface area (TPSA) is 57.2 Å². The van der Waals surface area contributed by atoms with Crippen LogP contribution in [0.15, 0.2) is 28.4 Å². The van der Waals surface area contributed by atoms with E-state index in [0.29, 0.717) is 0 Å². The van der Waals surface area contributed by atoms with Crippen LogP contribution in [0.2, 0.25) is 0 Å². The van der Waals surface area contributed by atoms with Gasteiger partial charge in [0, 0.05) is 43.2 Å². The molecule has 4 rings (SSSR count). The van der Waals surface area contributed by atoms with Gasteiger partial charge in [-0.05, 0) is 27.0 Å². The Bertz CT molecular complexity index is 946. The molecule has 0 saturated carbocycles. The van der Waals surface area contributed by atoms with E-state index in [2.05, 4.69) is 27.2 Å². The first-order valence-electron chi connectivity index (χ1n) is 8.67. The van der Waals surface area contributed by atoms with Gasteiger partial charge in [-0.3, -0.25) is 4.57 Å². The van der Waals surface area contributed by atoms with Crippen LogP contribution in [0.3, 0.4) is 0 Å². The Labute approximate surface area is 150 Å². The molecule has 1 saturated heterocycles. The fraction of sp³-hybridized carbons (Fsp3) is 0.444. The maximum atomic E-state index is 12.3. The number of aromatic nitrogens is 3.